The number of rotatable bonds is 6. The number of nitrogens with zero attached hydrogens (tertiary/aromatic N) is 1. The fourth-order valence-electron chi connectivity index (χ4n) is 3.79. The Kier molecular flexibility index (Phi) is 5.37. The molecule has 1 saturated heterocycles. The lowest BCUT2D eigenvalue weighted by Gasteiger charge is -2.19. The predicted molar refractivity (Wildman–Crippen MR) is 117 cm³/mol. The summed E-state index contributed by atoms with van der Waals surface area (Å²) >= 11 is 0. The zero-order valence-electron chi connectivity index (χ0n) is 16.1. The SMILES string of the molecule is CC[C@@H]1[C@H](P(=O)(c2ccccc2)c2ccccc2)N1[S@@](=O)c1ccc(C)cc1. The molecule has 1 aliphatic rings. The third kappa shape index (κ3) is 3.30. The first-order valence-corrected chi connectivity index (χ1v) is 12.4. The summed E-state index contributed by atoms with van der Waals surface area (Å²) in [5, 5.41) is 1.65. The molecular weight excluding hydrogens is 385 g/mol. The maximum atomic E-state index is 14.6. The Bertz CT molecular complexity index is 978. The third-order valence-corrected chi connectivity index (χ3v) is 10.5. The average molecular weight is 409 g/mol. The van der Waals surface area contributed by atoms with E-state index < -0.39 is 18.1 Å². The van der Waals surface area contributed by atoms with Gasteiger partial charge in [0, 0.05) is 16.7 Å². The van der Waals surface area contributed by atoms with Crippen LogP contribution >= 0.6 is 7.14 Å². The van der Waals surface area contributed by atoms with E-state index in [1.54, 1.807) is 0 Å². The molecule has 3 aromatic rings. The minimum Gasteiger partial charge on any atom is -0.312 e. The molecule has 5 heteroatoms. The standard InChI is InChI=1S/C23H24NO2PS/c1-3-22-23(24(22)28(26)21-16-14-18(2)15-17-21)27(25,19-10-6-4-7-11-19)20-12-8-5-9-13-20/h4-17,22-23H,3H2,1-2H3/t22-,23+,24?,28+/m1/s1. The Morgan fingerprint density at radius 2 is 1.36 bits per heavy atom. The van der Waals surface area contributed by atoms with Crippen LogP contribution in [0.3, 0.4) is 0 Å². The molecule has 0 bridgehead atoms. The van der Waals surface area contributed by atoms with Crippen molar-refractivity contribution in [3.05, 3.63) is 90.5 Å². The third-order valence-electron chi connectivity index (χ3n) is 5.33. The molecule has 1 heterocycles. The van der Waals surface area contributed by atoms with Crippen LogP contribution in [0.25, 0.3) is 0 Å². The van der Waals surface area contributed by atoms with Crippen molar-refractivity contribution in [2.24, 2.45) is 0 Å². The smallest absolute Gasteiger partial charge is 0.162 e. The van der Waals surface area contributed by atoms with Gasteiger partial charge in [0.05, 0.1) is 4.90 Å². The van der Waals surface area contributed by atoms with Crippen molar-refractivity contribution in [2.75, 3.05) is 0 Å². The van der Waals surface area contributed by atoms with Crippen LogP contribution in [0, 0.1) is 6.92 Å². The highest BCUT2D eigenvalue weighted by molar-refractivity contribution is 7.85. The molecule has 3 nitrogen and oxygen atoms in total. The Labute approximate surface area is 169 Å². The number of benzene rings is 3. The van der Waals surface area contributed by atoms with E-state index >= 15 is 0 Å². The van der Waals surface area contributed by atoms with Gasteiger partial charge in [-0.2, -0.15) is 0 Å². The van der Waals surface area contributed by atoms with E-state index in [0.29, 0.717) is 0 Å². The molecule has 3 aromatic carbocycles. The Morgan fingerprint density at radius 1 is 0.857 bits per heavy atom. The molecule has 0 aliphatic carbocycles. The summed E-state index contributed by atoms with van der Waals surface area (Å²) in [4.78, 5) is 0.763. The summed E-state index contributed by atoms with van der Waals surface area (Å²) in [6.07, 6.45) is 0.811. The first-order valence-electron chi connectivity index (χ1n) is 9.55. The number of hydrogen-bond acceptors (Lipinski definition) is 2. The highest BCUT2D eigenvalue weighted by atomic mass is 32.2. The van der Waals surface area contributed by atoms with Gasteiger partial charge >= 0.3 is 0 Å². The lowest BCUT2D eigenvalue weighted by atomic mass is 10.2. The van der Waals surface area contributed by atoms with Crippen molar-refractivity contribution in [1.29, 1.82) is 0 Å². The molecule has 1 fully saturated rings. The Morgan fingerprint density at radius 3 is 1.82 bits per heavy atom. The Hall–Kier alpha value is -2.00. The number of aryl methyl sites for hydroxylation is 1. The van der Waals surface area contributed by atoms with Gasteiger partial charge in [0.25, 0.3) is 0 Å². The maximum absolute atomic E-state index is 14.6. The second-order valence-corrected chi connectivity index (χ2v) is 11.4. The molecule has 144 valence electrons. The zero-order valence-corrected chi connectivity index (χ0v) is 17.8. The van der Waals surface area contributed by atoms with Crippen LogP contribution in [0.15, 0.2) is 89.8 Å². The summed E-state index contributed by atoms with van der Waals surface area (Å²) in [5.74, 6) is -0.246. The zero-order chi connectivity index (χ0) is 19.7. The minimum atomic E-state index is -2.96. The minimum absolute atomic E-state index is 0.0355. The van der Waals surface area contributed by atoms with Gasteiger partial charge in [-0.25, -0.2) is 8.51 Å². The quantitative estimate of drug-likeness (QED) is 0.446. The fraction of sp³-hybridized carbons (Fsp3) is 0.217. The van der Waals surface area contributed by atoms with Gasteiger partial charge in [0.2, 0.25) is 0 Å². The van der Waals surface area contributed by atoms with E-state index in [2.05, 4.69) is 6.92 Å². The van der Waals surface area contributed by atoms with Gasteiger partial charge in [-0.15, -0.1) is 0 Å². The van der Waals surface area contributed by atoms with Crippen LogP contribution in [0.2, 0.25) is 0 Å². The van der Waals surface area contributed by atoms with E-state index in [-0.39, 0.29) is 11.8 Å². The highest BCUT2D eigenvalue weighted by Crippen LogP contribution is 2.61. The van der Waals surface area contributed by atoms with Crippen molar-refractivity contribution in [1.82, 2.24) is 4.31 Å². The van der Waals surface area contributed by atoms with Gasteiger partial charge < -0.3 is 4.57 Å². The molecule has 0 saturated carbocycles. The molecule has 1 unspecified atom stereocenters. The lowest BCUT2D eigenvalue weighted by Crippen LogP contribution is -2.22. The van der Waals surface area contributed by atoms with Crippen molar-refractivity contribution in [2.45, 2.75) is 37.0 Å². The van der Waals surface area contributed by atoms with Crippen LogP contribution in [0.5, 0.6) is 0 Å². The maximum Gasteiger partial charge on any atom is 0.162 e. The van der Waals surface area contributed by atoms with Crippen LogP contribution in [0.1, 0.15) is 18.9 Å². The van der Waals surface area contributed by atoms with Crippen molar-refractivity contribution < 1.29 is 8.77 Å². The highest BCUT2D eigenvalue weighted by Gasteiger charge is 2.61. The first kappa shape index (κ1) is 19.3. The first-order chi connectivity index (χ1) is 13.6. The summed E-state index contributed by atoms with van der Waals surface area (Å²) in [7, 11) is -4.29. The molecule has 1 aliphatic heterocycles. The molecule has 0 aromatic heterocycles. The molecular formula is C23H24NO2PS. The second-order valence-electron chi connectivity index (χ2n) is 7.14. The van der Waals surface area contributed by atoms with Crippen LogP contribution in [-0.2, 0) is 15.6 Å². The van der Waals surface area contributed by atoms with E-state index in [4.69, 9.17) is 0 Å². The molecule has 28 heavy (non-hydrogen) atoms. The number of hydrogen-bond donors (Lipinski definition) is 0. The molecule has 4 rings (SSSR count). The normalized spacial score (nSPS) is 22.6. The average Bonchev–Trinajstić information content (AvgIpc) is 3.49. The lowest BCUT2D eigenvalue weighted by molar-refractivity contribution is 0.582. The summed E-state index contributed by atoms with van der Waals surface area (Å²) in [5.41, 5.74) is 1.13. The van der Waals surface area contributed by atoms with Crippen LogP contribution < -0.4 is 10.6 Å². The van der Waals surface area contributed by atoms with Crippen LogP contribution in [0.4, 0.5) is 0 Å². The van der Waals surface area contributed by atoms with E-state index in [1.165, 1.54) is 0 Å². The molecule has 0 N–H and O–H groups in total. The largest absolute Gasteiger partial charge is 0.312 e. The van der Waals surface area contributed by atoms with Gasteiger partial charge in [-0.05, 0) is 25.5 Å². The summed E-state index contributed by atoms with van der Waals surface area (Å²) < 4.78 is 29.8. The van der Waals surface area contributed by atoms with E-state index in [1.807, 2.05) is 96.2 Å². The monoisotopic (exact) mass is 409 g/mol. The molecule has 4 atom stereocenters. The van der Waals surface area contributed by atoms with Gasteiger partial charge in [0.1, 0.15) is 16.8 Å². The molecule has 0 amide bonds. The van der Waals surface area contributed by atoms with E-state index in [9.17, 15) is 8.77 Å². The van der Waals surface area contributed by atoms with Crippen LogP contribution in [-0.4, -0.2) is 20.3 Å². The van der Waals surface area contributed by atoms with E-state index in [0.717, 1.165) is 27.5 Å². The Balaban J connectivity index is 1.78. The van der Waals surface area contributed by atoms with Crippen molar-refractivity contribution in [3.8, 4) is 0 Å². The fourth-order valence-corrected chi connectivity index (χ4v) is 9.33. The van der Waals surface area contributed by atoms with Gasteiger partial charge in [0.15, 0.2) is 7.14 Å². The topological polar surface area (TPSA) is 37.1 Å². The van der Waals surface area contributed by atoms with Gasteiger partial charge in [-0.1, -0.05) is 85.3 Å². The predicted octanol–water partition coefficient (Wildman–Crippen LogP) is 4.45. The van der Waals surface area contributed by atoms with Gasteiger partial charge in [-0.3, -0.25) is 0 Å². The second kappa shape index (κ2) is 7.79. The summed E-state index contributed by atoms with van der Waals surface area (Å²) in [6, 6.07) is 27.1. The van der Waals surface area contributed by atoms with Crippen molar-refractivity contribution in [3.63, 3.8) is 0 Å². The molecule has 0 radical (unpaired) electrons. The summed E-state index contributed by atoms with van der Waals surface area (Å²) in [6.45, 7) is 4.09. The molecule has 0 spiro atoms. The van der Waals surface area contributed by atoms with Crippen molar-refractivity contribution >= 4 is 28.7 Å².